The highest BCUT2D eigenvalue weighted by molar-refractivity contribution is 6.33. The first-order valence-corrected chi connectivity index (χ1v) is 6.50. The molecule has 18 heavy (non-hydrogen) atoms. The molecule has 5 nitrogen and oxygen atoms in total. The molecular weight excluding hydrogens is 254 g/mol. The first-order chi connectivity index (χ1) is 8.70. The van der Waals surface area contributed by atoms with Gasteiger partial charge < -0.3 is 20.1 Å². The first kappa shape index (κ1) is 12.0. The third-order valence-corrected chi connectivity index (χ3v) is 3.83. The summed E-state index contributed by atoms with van der Waals surface area (Å²) in [5.74, 6) is -0.370. The fourth-order valence-electron chi connectivity index (χ4n) is 2.63. The highest BCUT2D eigenvalue weighted by Gasteiger charge is 2.40. The summed E-state index contributed by atoms with van der Waals surface area (Å²) in [7, 11) is 0. The fraction of sp³-hybridized carbons (Fsp3) is 0.583. The number of nitrogens with zero attached hydrogens (tertiary/aromatic N) is 2. The van der Waals surface area contributed by atoms with Crippen LogP contribution in [0.2, 0.25) is 5.02 Å². The zero-order valence-electron chi connectivity index (χ0n) is 10.1. The summed E-state index contributed by atoms with van der Waals surface area (Å²) in [6, 6.07) is 0. The van der Waals surface area contributed by atoms with E-state index in [0.717, 1.165) is 31.6 Å². The van der Waals surface area contributed by atoms with Crippen LogP contribution in [0.5, 0.6) is 0 Å². The van der Waals surface area contributed by atoms with Crippen molar-refractivity contribution >= 4 is 23.0 Å². The lowest BCUT2D eigenvalue weighted by molar-refractivity contribution is -0.169. The smallest absolute Gasteiger partial charge is 0.171 e. The minimum Gasteiger partial charge on any atom is -0.396 e. The molecule has 3 heterocycles. The van der Waals surface area contributed by atoms with Crippen LogP contribution in [0, 0.1) is 0 Å². The molecule has 0 bridgehead atoms. The van der Waals surface area contributed by atoms with Gasteiger partial charge in [0.1, 0.15) is 0 Å². The van der Waals surface area contributed by atoms with E-state index < -0.39 is 0 Å². The average Bonchev–Trinajstić information content (AvgIpc) is 2.80. The third kappa shape index (κ3) is 2.02. The van der Waals surface area contributed by atoms with Gasteiger partial charge in [0.2, 0.25) is 0 Å². The van der Waals surface area contributed by atoms with E-state index in [-0.39, 0.29) is 5.79 Å². The summed E-state index contributed by atoms with van der Waals surface area (Å²) in [5, 5.41) is 0.596. The molecule has 2 aliphatic heterocycles. The molecule has 0 radical (unpaired) electrons. The van der Waals surface area contributed by atoms with E-state index in [0.29, 0.717) is 23.9 Å². The third-order valence-electron chi connectivity index (χ3n) is 3.56. The number of aromatic nitrogens is 1. The number of halogens is 1. The quantitative estimate of drug-likeness (QED) is 0.840. The molecule has 1 aromatic rings. The van der Waals surface area contributed by atoms with E-state index >= 15 is 0 Å². The molecule has 0 atom stereocenters. The molecule has 0 unspecified atom stereocenters. The standard InChI is InChI=1S/C12H16ClN3O2/c13-9-7-15-8-10(14)11(9)16-3-1-12(2-4-16)17-5-6-18-12/h7-8H,1-6,14H2. The first-order valence-electron chi connectivity index (χ1n) is 6.12. The SMILES string of the molecule is Nc1cncc(Cl)c1N1CCC2(CC1)OCCO2. The van der Waals surface area contributed by atoms with Gasteiger partial charge in [-0.1, -0.05) is 11.6 Å². The fourth-order valence-corrected chi connectivity index (χ4v) is 2.92. The molecule has 0 saturated carbocycles. The van der Waals surface area contributed by atoms with E-state index in [2.05, 4.69) is 9.88 Å². The van der Waals surface area contributed by atoms with Crippen LogP contribution in [0.15, 0.2) is 12.4 Å². The minimum absolute atomic E-state index is 0.370. The van der Waals surface area contributed by atoms with Gasteiger partial charge in [0.25, 0.3) is 0 Å². The largest absolute Gasteiger partial charge is 0.396 e. The van der Waals surface area contributed by atoms with Crippen LogP contribution in [-0.4, -0.2) is 37.1 Å². The number of nitrogen functional groups attached to an aromatic ring is 1. The van der Waals surface area contributed by atoms with Crippen LogP contribution in [0.3, 0.4) is 0 Å². The maximum absolute atomic E-state index is 6.17. The van der Waals surface area contributed by atoms with E-state index in [1.165, 1.54) is 0 Å². The molecule has 1 spiro atoms. The zero-order chi connectivity index (χ0) is 12.6. The molecular formula is C12H16ClN3O2. The molecule has 2 aliphatic rings. The van der Waals surface area contributed by atoms with E-state index in [1.807, 2.05) is 0 Å². The Balaban J connectivity index is 1.76. The number of anilines is 2. The number of hydrogen-bond acceptors (Lipinski definition) is 5. The average molecular weight is 270 g/mol. The molecule has 98 valence electrons. The lowest BCUT2D eigenvalue weighted by atomic mass is 10.0. The summed E-state index contributed by atoms with van der Waals surface area (Å²) in [6.07, 6.45) is 4.94. The maximum Gasteiger partial charge on any atom is 0.171 e. The van der Waals surface area contributed by atoms with Gasteiger partial charge in [-0.2, -0.15) is 0 Å². The van der Waals surface area contributed by atoms with Gasteiger partial charge in [-0.05, 0) is 0 Å². The second-order valence-electron chi connectivity index (χ2n) is 4.65. The number of ether oxygens (including phenoxy) is 2. The number of nitrogens with two attached hydrogens (primary N) is 1. The summed E-state index contributed by atoms with van der Waals surface area (Å²) in [6.45, 7) is 3.04. The van der Waals surface area contributed by atoms with Crippen molar-refractivity contribution in [1.82, 2.24) is 4.98 Å². The number of pyridine rings is 1. The molecule has 0 aromatic carbocycles. The van der Waals surface area contributed by atoms with Gasteiger partial charge >= 0.3 is 0 Å². The van der Waals surface area contributed by atoms with Crippen molar-refractivity contribution in [3.05, 3.63) is 17.4 Å². The van der Waals surface area contributed by atoms with E-state index in [9.17, 15) is 0 Å². The van der Waals surface area contributed by atoms with Crippen LogP contribution in [0.4, 0.5) is 11.4 Å². The second-order valence-corrected chi connectivity index (χ2v) is 5.06. The Kier molecular flexibility index (Phi) is 3.05. The van der Waals surface area contributed by atoms with Crippen LogP contribution < -0.4 is 10.6 Å². The molecule has 2 N–H and O–H groups in total. The normalized spacial score (nSPS) is 22.6. The van der Waals surface area contributed by atoms with Crippen molar-refractivity contribution < 1.29 is 9.47 Å². The number of rotatable bonds is 1. The lowest BCUT2D eigenvalue weighted by Gasteiger charge is -2.39. The Morgan fingerprint density at radius 1 is 1.22 bits per heavy atom. The van der Waals surface area contributed by atoms with Crippen molar-refractivity contribution in [3.8, 4) is 0 Å². The second kappa shape index (κ2) is 4.57. The van der Waals surface area contributed by atoms with Gasteiger partial charge in [-0.15, -0.1) is 0 Å². The van der Waals surface area contributed by atoms with E-state index in [4.69, 9.17) is 26.8 Å². The molecule has 2 saturated heterocycles. The molecule has 3 rings (SSSR count). The van der Waals surface area contributed by atoms with Crippen molar-refractivity contribution in [3.63, 3.8) is 0 Å². The van der Waals surface area contributed by atoms with Crippen molar-refractivity contribution in [2.75, 3.05) is 36.9 Å². The summed E-state index contributed by atoms with van der Waals surface area (Å²) in [5.41, 5.74) is 7.44. The van der Waals surface area contributed by atoms with Crippen molar-refractivity contribution in [1.29, 1.82) is 0 Å². The Morgan fingerprint density at radius 2 is 1.89 bits per heavy atom. The monoisotopic (exact) mass is 269 g/mol. The highest BCUT2D eigenvalue weighted by atomic mass is 35.5. The number of piperidine rings is 1. The number of hydrogen-bond donors (Lipinski definition) is 1. The van der Waals surface area contributed by atoms with Gasteiger partial charge in [-0.3, -0.25) is 4.98 Å². The maximum atomic E-state index is 6.17. The van der Waals surface area contributed by atoms with Gasteiger partial charge in [0.15, 0.2) is 5.79 Å². The Bertz CT molecular complexity index is 419. The molecule has 6 heteroatoms. The summed E-state index contributed by atoms with van der Waals surface area (Å²) in [4.78, 5) is 6.15. The molecule has 0 amide bonds. The Morgan fingerprint density at radius 3 is 2.50 bits per heavy atom. The summed E-state index contributed by atoms with van der Waals surface area (Å²) < 4.78 is 11.4. The highest BCUT2D eigenvalue weighted by Crippen LogP contribution is 2.37. The predicted octanol–water partition coefficient (Wildman–Crippen LogP) is 1.66. The Hall–Kier alpha value is -1.04. The lowest BCUT2D eigenvalue weighted by Crippen LogP contribution is -2.45. The zero-order valence-corrected chi connectivity index (χ0v) is 10.8. The van der Waals surface area contributed by atoms with Crippen molar-refractivity contribution in [2.45, 2.75) is 18.6 Å². The van der Waals surface area contributed by atoms with Crippen LogP contribution >= 0.6 is 11.6 Å². The molecule has 2 fully saturated rings. The molecule has 0 aliphatic carbocycles. The van der Waals surface area contributed by atoms with Gasteiger partial charge in [0, 0.05) is 32.1 Å². The van der Waals surface area contributed by atoms with Crippen molar-refractivity contribution in [2.24, 2.45) is 0 Å². The van der Waals surface area contributed by atoms with Gasteiger partial charge in [-0.25, -0.2) is 0 Å². The Labute approximate surface area is 111 Å². The van der Waals surface area contributed by atoms with Gasteiger partial charge in [0.05, 0.1) is 35.8 Å². The van der Waals surface area contributed by atoms with E-state index in [1.54, 1.807) is 12.4 Å². The van der Waals surface area contributed by atoms with Crippen LogP contribution in [0.25, 0.3) is 0 Å². The predicted molar refractivity (Wildman–Crippen MR) is 69.7 cm³/mol. The minimum atomic E-state index is -0.370. The topological polar surface area (TPSA) is 60.6 Å². The van der Waals surface area contributed by atoms with Crippen LogP contribution in [0.1, 0.15) is 12.8 Å². The molecule has 1 aromatic heterocycles. The summed E-state index contributed by atoms with van der Waals surface area (Å²) >= 11 is 6.17. The van der Waals surface area contributed by atoms with Crippen LogP contribution in [-0.2, 0) is 9.47 Å².